The molecule has 0 heterocycles. The van der Waals surface area contributed by atoms with Crippen molar-refractivity contribution in [2.45, 2.75) is 26.7 Å². The zero-order chi connectivity index (χ0) is 13.6. The van der Waals surface area contributed by atoms with Crippen molar-refractivity contribution in [1.29, 1.82) is 0 Å². The summed E-state index contributed by atoms with van der Waals surface area (Å²) in [6, 6.07) is 10.4. The predicted molar refractivity (Wildman–Crippen MR) is 75.6 cm³/mol. The van der Waals surface area contributed by atoms with Gasteiger partial charge in [-0.1, -0.05) is 37.3 Å². The first-order valence-corrected chi connectivity index (χ1v) is 6.45. The van der Waals surface area contributed by atoms with Gasteiger partial charge in [-0.3, -0.25) is 4.79 Å². The topological polar surface area (TPSA) is 41.1 Å². The normalized spacial score (nSPS) is 13.1. The van der Waals surface area contributed by atoms with Crippen LogP contribution in [0.1, 0.15) is 32.3 Å². The van der Waals surface area contributed by atoms with Crippen LogP contribution in [0, 0.1) is 5.41 Å². The van der Waals surface area contributed by atoms with Crippen molar-refractivity contribution in [3.8, 4) is 0 Å². The molecular weight excluding hydrogens is 224 g/mol. The summed E-state index contributed by atoms with van der Waals surface area (Å²) in [6.07, 6.45) is 0. The molecule has 0 radical (unpaired) electrons. The standard InChI is InChI=1S/C15H24N2O/c1-12(13-8-6-5-7-9-13)10-17-11-15(2,3)14(18)16-4/h5-9,12,17H,10-11H2,1-4H3,(H,16,18). The molecule has 1 atom stereocenters. The Hall–Kier alpha value is -1.35. The smallest absolute Gasteiger partial charge is 0.226 e. The van der Waals surface area contributed by atoms with Crippen LogP contribution in [0.5, 0.6) is 0 Å². The molecular formula is C15H24N2O. The molecule has 3 nitrogen and oxygen atoms in total. The highest BCUT2D eigenvalue weighted by molar-refractivity contribution is 5.81. The highest BCUT2D eigenvalue weighted by Gasteiger charge is 2.25. The quantitative estimate of drug-likeness (QED) is 0.810. The molecule has 0 aromatic heterocycles. The van der Waals surface area contributed by atoms with E-state index < -0.39 is 0 Å². The van der Waals surface area contributed by atoms with E-state index in [0.717, 1.165) is 6.54 Å². The van der Waals surface area contributed by atoms with Crippen LogP contribution >= 0.6 is 0 Å². The molecule has 0 saturated carbocycles. The third-order valence-electron chi connectivity index (χ3n) is 3.23. The van der Waals surface area contributed by atoms with Crippen LogP contribution in [-0.4, -0.2) is 26.0 Å². The molecule has 0 aliphatic heterocycles. The Labute approximate surface area is 110 Å². The molecule has 2 N–H and O–H groups in total. The van der Waals surface area contributed by atoms with E-state index in [9.17, 15) is 4.79 Å². The molecule has 1 amide bonds. The van der Waals surface area contributed by atoms with Gasteiger partial charge in [0.2, 0.25) is 5.91 Å². The van der Waals surface area contributed by atoms with E-state index in [1.165, 1.54) is 5.56 Å². The number of carbonyl (C=O) groups excluding carboxylic acids is 1. The average molecular weight is 248 g/mol. The lowest BCUT2D eigenvalue weighted by atomic mass is 9.92. The van der Waals surface area contributed by atoms with Crippen molar-refractivity contribution in [1.82, 2.24) is 10.6 Å². The van der Waals surface area contributed by atoms with Crippen molar-refractivity contribution in [2.24, 2.45) is 5.41 Å². The van der Waals surface area contributed by atoms with Crippen molar-refractivity contribution < 1.29 is 4.79 Å². The molecule has 0 aliphatic carbocycles. The van der Waals surface area contributed by atoms with Gasteiger partial charge in [-0.15, -0.1) is 0 Å². The number of benzene rings is 1. The fraction of sp³-hybridized carbons (Fsp3) is 0.533. The maximum atomic E-state index is 11.6. The molecule has 0 bridgehead atoms. The second-order valence-corrected chi connectivity index (χ2v) is 5.41. The maximum absolute atomic E-state index is 11.6. The number of rotatable bonds is 6. The third kappa shape index (κ3) is 4.15. The zero-order valence-electron chi connectivity index (χ0n) is 11.8. The van der Waals surface area contributed by atoms with E-state index in [1.54, 1.807) is 7.05 Å². The minimum Gasteiger partial charge on any atom is -0.359 e. The number of carbonyl (C=O) groups is 1. The number of hydrogen-bond donors (Lipinski definition) is 2. The summed E-state index contributed by atoms with van der Waals surface area (Å²) >= 11 is 0. The molecule has 1 aromatic carbocycles. The van der Waals surface area contributed by atoms with Crippen molar-refractivity contribution in [2.75, 3.05) is 20.1 Å². The Bertz CT molecular complexity index is 373. The van der Waals surface area contributed by atoms with Crippen molar-refractivity contribution in [3.05, 3.63) is 35.9 Å². The molecule has 1 unspecified atom stereocenters. The van der Waals surface area contributed by atoms with E-state index in [2.05, 4.69) is 41.8 Å². The molecule has 1 rings (SSSR count). The number of nitrogens with one attached hydrogen (secondary N) is 2. The van der Waals surface area contributed by atoms with Crippen LogP contribution < -0.4 is 10.6 Å². The first-order chi connectivity index (χ1) is 8.47. The zero-order valence-corrected chi connectivity index (χ0v) is 11.8. The molecule has 0 aliphatic rings. The molecule has 100 valence electrons. The lowest BCUT2D eigenvalue weighted by Crippen LogP contribution is -2.42. The van der Waals surface area contributed by atoms with E-state index in [0.29, 0.717) is 12.5 Å². The van der Waals surface area contributed by atoms with Crippen LogP contribution in [0.15, 0.2) is 30.3 Å². The second kappa shape index (κ2) is 6.55. The van der Waals surface area contributed by atoms with E-state index in [1.807, 2.05) is 19.9 Å². The fourth-order valence-corrected chi connectivity index (χ4v) is 1.92. The highest BCUT2D eigenvalue weighted by atomic mass is 16.2. The minimum atomic E-state index is -0.370. The van der Waals surface area contributed by atoms with Gasteiger partial charge in [0.05, 0.1) is 5.41 Å². The van der Waals surface area contributed by atoms with Gasteiger partial charge in [-0.05, 0) is 25.3 Å². The summed E-state index contributed by atoms with van der Waals surface area (Å²) in [7, 11) is 1.68. The Morgan fingerprint density at radius 3 is 2.44 bits per heavy atom. The summed E-state index contributed by atoms with van der Waals surface area (Å²) in [5.74, 6) is 0.522. The summed E-state index contributed by atoms with van der Waals surface area (Å²) in [5.41, 5.74) is 0.952. The van der Waals surface area contributed by atoms with Gasteiger partial charge in [0.25, 0.3) is 0 Å². The Morgan fingerprint density at radius 2 is 1.89 bits per heavy atom. The predicted octanol–water partition coefficient (Wildman–Crippen LogP) is 2.15. The maximum Gasteiger partial charge on any atom is 0.226 e. The number of hydrogen-bond acceptors (Lipinski definition) is 2. The van der Waals surface area contributed by atoms with Crippen LogP contribution in [0.4, 0.5) is 0 Å². The van der Waals surface area contributed by atoms with Crippen LogP contribution in [0.2, 0.25) is 0 Å². The molecule has 1 aromatic rings. The van der Waals surface area contributed by atoms with Gasteiger partial charge in [0, 0.05) is 20.1 Å². The second-order valence-electron chi connectivity index (χ2n) is 5.41. The van der Waals surface area contributed by atoms with Crippen molar-refractivity contribution in [3.63, 3.8) is 0 Å². The number of amides is 1. The van der Waals surface area contributed by atoms with Crippen LogP contribution in [0.25, 0.3) is 0 Å². The van der Waals surface area contributed by atoms with Crippen molar-refractivity contribution >= 4 is 5.91 Å². The van der Waals surface area contributed by atoms with E-state index in [4.69, 9.17) is 0 Å². The van der Waals surface area contributed by atoms with Crippen LogP contribution in [0.3, 0.4) is 0 Å². The Kier molecular flexibility index (Phi) is 5.35. The summed E-state index contributed by atoms with van der Waals surface area (Å²) in [4.78, 5) is 11.6. The minimum absolute atomic E-state index is 0.0716. The van der Waals surface area contributed by atoms with Gasteiger partial charge in [-0.2, -0.15) is 0 Å². The van der Waals surface area contributed by atoms with Gasteiger partial charge >= 0.3 is 0 Å². The summed E-state index contributed by atoms with van der Waals surface area (Å²) in [5, 5.41) is 6.07. The van der Waals surface area contributed by atoms with Gasteiger partial charge in [0.1, 0.15) is 0 Å². The molecule has 0 fully saturated rings. The highest BCUT2D eigenvalue weighted by Crippen LogP contribution is 2.16. The SMILES string of the molecule is CNC(=O)C(C)(C)CNCC(C)c1ccccc1. The Balaban J connectivity index is 2.40. The summed E-state index contributed by atoms with van der Waals surface area (Å²) in [6.45, 7) is 7.65. The lowest BCUT2D eigenvalue weighted by molar-refractivity contribution is -0.128. The summed E-state index contributed by atoms with van der Waals surface area (Å²) < 4.78 is 0. The molecule has 18 heavy (non-hydrogen) atoms. The van der Waals surface area contributed by atoms with Gasteiger partial charge in [-0.25, -0.2) is 0 Å². The Morgan fingerprint density at radius 1 is 1.28 bits per heavy atom. The van der Waals surface area contributed by atoms with Gasteiger partial charge in [0.15, 0.2) is 0 Å². The average Bonchev–Trinajstić information content (AvgIpc) is 2.38. The molecule has 0 spiro atoms. The molecule has 0 saturated heterocycles. The van der Waals surface area contributed by atoms with Gasteiger partial charge < -0.3 is 10.6 Å². The van der Waals surface area contributed by atoms with Crippen LogP contribution in [-0.2, 0) is 4.79 Å². The van der Waals surface area contributed by atoms with E-state index in [-0.39, 0.29) is 11.3 Å². The first-order valence-electron chi connectivity index (χ1n) is 6.45. The fourth-order valence-electron chi connectivity index (χ4n) is 1.92. The lowest BCUT2D eigenvalue weighted by Gasteiger charge is -2.24. The largest absolute Gasteiger partial charge is 0.359 e. The van der Waals surface area contributed by atoms with E-state index >= 15 is 0 Å². The monoisotopic (exact) mass is 248 g/mol. The first kappa shape index (κ1) is 14.7. The molecule has 3 heteroatoms. The third-order valence-corrected chi connectivity index (χ3v) is 3.23.